The van der Waals surface area contributed by atoms with E-state index in [0.29, 0.717) is 45.9 Å². The zero-order chi connectivity index (χ0) is 37.2. The molecule has 8 rings (SSSR count). The predicted molar refractivity (Wildman–Crippen MR) is 198 cm³/mol. The van der Waals surface area contributed by atoms with Crippen molar-refractivity contribution >= 4 is 40.6 Å². The van der Waals surface area contributed by atoms with E-state index < -0.39 is 17.4 Å². The lowest BCUT2D eigenvalue weighted by Gasteiger charge is -2.35. The number of epoxide rings is 1. The molecule has 0 bridgehead atoms. The van der Waals surface area contributed by atoms with E-state index in [4.69, 9.17) is 35.1 Å². The molecule has 2 aliphatic carbocycles. The number of aromatic nitrogens is 1. The number of Topliss-reactive ketones (excluding diaryl/α,β-unsaturated/α-hetero) is 1. The number of halogens is 1. The number of ketones is 1. The molecule has 1 aliphatic heterocycles. The van der Waals surface area contributed by atoms with Crippen LogP contribution in [-0.4, -0.2) is 34.6 Å². The van der Waals surface area contributed by atoms with Gasteiger partial charge in [-0.2, -0.15) is 0 Å². The number of benzene rings is 4. The van der Waals surface area contributed by atoms with Gasteiger partial charge in [-0.05, 0) is 97.5 Å². The second-order valence-corrected chi connectivity index (χ2v) is 15.7. The van der Waals surface area contributed by atoms with E-state index >= 15 is 0 Å². The summed E-state index contributed by atoms with van der Waals surface area (Å²) in [5.41, 5.74) is 3.04. The van der Waals surface area contributed by atoms with Gasteiger partial charge in [-0.1, -0.05) is 79.2 Å². The number of nitrogens with zero attached hydrogens (tertiary/aromatic N) is 1. The fourth-order valence-electron chi connectivity index (χ4n) is 8.02. The number of hydrogen-bond donors (Lipinski definition) is 0. The highest BCUT2D eigenvalue weighted by atomic mass is 35.5. The average molecular weight is 732 g/mol. The minimum atomic E-state index is -0.900. The summed E-state index contributed by atoms with van der Waals surface area (Å²) in [4.78, 5) is 40.3. The van der Waals surface area contributed by atoms with E-state index in [1.807, 2.05) is 86.6 Å². The maximum Gasteiger partial charge on any atom is 0.514 e. The van der Waals surface area contributed by atoms with Crippen molar-refractivity contribution in [3.05, 3.63) is 123 Å². The lowest BCUT2D eigenvalue weighted by atomic mass is 9.64. The lowest BCUT2D eigenvalue weighted by Crippen LogP contribution is -2.37. The summed E-state index contributed by atoms with van der Waals surface area (Å²) in [6.07, 6.45) is 0.929. The molecule has 270 valence electrons. The van der Waals surface area contributed by atoms with E-state index in [1.54, 1.807) is 26.8 Å². The molecule has 0 spiro atoms. The molecule has 53 heavy (non-hydrogen) atoms. The summed E-state index contributed by atoms with van der Waals surface area (Å²) < 4.78 is 29.6. The van der Waals surface area contributed by atoms with Crippen LogP contribution in [0.15, 0.2) is 94.7 Å². The van der Waals surface area contributed by atoms with Gasteiger partial charge < -0.3 is 23.5 Å². The molecule has 1 fully saturated rings. The van der Waals surface area contributed by atoms with E-state index in [-0.39, 0.29) is 47.3 Å². The standard InChI is InChI=1S/C43H38ClNO8/c1-23(37-32(21-46)40(45-53-37)49-22-24-10-7-6-8-11-24)33-20-29-17-28-16-27-15-14-26(25-12-9-13-30(44)18-25)19-31(27)38(50-41(48)52-42(2,3)4)34(28)36(47)35(29)39-43(33,5)51-39/h6-16,18-19,21,23,29,33H,17,20,22H2,1-5H3/t23-,29?,33-,43-/m0/s1. The quantitative estimate of drug-likeness (QED) is 0.0665. The Bertz CT molecular complexity index is 2340. The first-order valence-corrected chi connectivity index (χ1v) is 18.1. The van der Waals surface area contributed by atoms with Crippen LogP contribution in [0.3, 0.4) is 0 Å². The van der Waals surface area contributed by atoms with Crippen LogP contribution in [0.25, 0.3) is 21.9 Å². The Hall–Kier alpha value is -5.41. The third-order valence-corrected chi connectivity index (χ3v) is 10.8. The van der Waals surface area contributed by atoms with Crippen LogP contribution in [0.4, 0.5) is 4.79 Å². The van der Waals surface area contributed by atoms with Crippen LogP contribution in [0.2, 0.25) is 5.02 Å². The Balaban J connectivity index is 1.15. The number of carbonyl (C=O) groups excluding carboxylic acids is 3. The molecule has 1 saturated heterocycles. The molecule has 10 heteroatoms. The van der Waals surface area contributed by atoms with Gasteiger partial charge >= 0.3 is 6.16 Å². The van der Waals surface area contributed by atoms with Gasteiger partial charge in [0.15, 0.2) is 29.2 Å². The van der Waals surface area contributed by atoms with Crippen molar-refractivity contribution in [2.24, 2.45) is 11.8 Å². The van der Waals surface area contributed by atoms with E-state index in [9.17, 15) is 14.4 Å². The summed E-state index contributed by atoms with van der Waals surface area (Å²) >= 11 is 6.32. The summed E-state index contributed by atoms with van der Waals surface area (Å²) in [5.74, 6) is 0.503. The van der Waals surface area contributed by atoms with Crippen molar-refractivity contribution in [2.45, 2.75) is 71.2 Å². The fraction of sp³-hybridized carbons (Fsp3) is 0.302. The van der Waals surface area contributed by atoms with Crippen LogP contribution in [0.5, 0.6) is 11.6 Å². The van der Waals surface area contributed by atoms with Crippen molar-refractivity contribution in [1.82, 2.24) is 5.16 Å². The molecular formula is C43H38ClNO8. The maximum atomic E-state index is 14.7. The third kappa shape index (κ3) is 6.27. The third-order valence-electron chi connectivity index (χ3n) is 10.5. The number of hydrogen-bond acceptors (Lipinski definition) is 9. The molecule has 5 aromatic rings. The molecule has 1 unspecified atom stereocenters. The normalized spacial score (nSPS) is 20.8. The smallest absolute Gasteiger partial charge is 0.479 e. The SMILES string of the molecule is C[C@H](c1onc(OCc2ccccc2)c1C=O)[C@@H]1CC2Cc3cc4ccc(-c5cccc(Cl)c5)cc4c(OC(=O)OC(C)(C)C)c3C(=O)C2=C2O[C@]21C. The number of allylic oxidation sites excluding steroid dienone is 1. The molecule has 1 aromatic heterocycles. The molecular weight excluding hydrogens is 694 g/mol. The van der Waals surface area contributed by atoms with Crippen LogP contribution in [0, 0.1) is 11.8 Å². The first kappa shape index (κ1) is 34.7. The number of carbonyl (C=O) groups is 3. The van der Waals surface area contributed by atoms with Gasteiger partial charge in [0.2, 0.25) is 0 Å². The lowest BCUT2D eigenvalue weighted by molar-refractivity contribution is 0.0208. The van der Waals surface area contributed by atoms with Crippen molar-refractivity contribution in [3.8, 4) is 22.8 Å². The number of rotatable bonds is 8. The molecule has 0 radical (unpaired) electrons. The molecule has 3 aliphatic rings. The average Bonchev–Trinajstić information content (AvgIpc) is 3.65. The molecule has 0 N–H and O–H groups in total. The van der Waals surface area contributed by atoms with Crippen LogP contribution < -0.4 is 9.47 Å². The van der Waals surface area contributed by atoms with E-state index in [2.05, 4.69) is 5.16 Å². The predicted octanol–water partition coefficient (Wildman–Crippen LogP) is 10.1. The van der Waals surface area contributed by atoms with Gasteiger partial charge in [0.1, 0.15) is 23.5 Å². The minimum absolute atomic E-state index is 0.132. The summed E-state index contributed by atoms with van der Waals surface area (Å²) in [6.45, 7) is 9.47. The summed E-state index contributed by atoms with van der Waals surface area (Å²) in [7, 11) is 0. The van der Waals surface area contributed by atoms with Crippen molar-refractivity contribution in [2.75, 3.05) is 0 Å². The van der Waals surface area contributed by atoms with Gasteiger partial charge in [-0.25, -0.2) is 4.79 Å². The zero-order valence-corrected chi connectivity index (χ0v) is 30.8. The van der Waals surface area contributed by atoms with Crippen molar-refractivity contribution in [3.63, 3.8) is 0 Å². The van der Waals surface area contributed by atoms with Crippen LogP contribution in [-0.2, 0) is 22.5 Å². The van der Waals surface area contributed by atoms with Gasteiger partial charge in [0, 0.05) is 27.8 Å². The molecule has 2 heterocycles. The Morgan fingerprint density at radius 2 is 1.83 bits per heavy atom. The van der Waals surface area contributed by atoms with Gasteiger partial charge in [0.05, 0.1) is 5.56 Å². The first-order chi connectivity index (χ1) is 25.3. The highest BCUT2D eigenvalue weighted by Crippen LogP contribution is 2.62. The largest absolute Gasteiger partial charge is 0.514 e. The minimum Gasteiger partial charge on any atom is -0.479 e. The summed E-state index contributed by atoms with van der Waals surface area (Å²) in [6, 6.07) is 25.0. The second kappa shape index (κ2) is 12.9. The van der Waals surface area contributed by atoms with Crippen LogP contribution >= 0.6 is 11.6 Å². The summed E-state index contributed by atoms with van der Waals surface area (Å²) in [5, 5.41) is 6.12. The Morgan fingerprint density at radius 3 is 2.57 bits per heavy atom. The second-order valence-electron chi connectivity index (χ2n) is 15.2. The van der Waals surface area contributed by atoms with Crippen molar-refractivity contribution < 1.29 is 37.9 Å². The van der Waals surface area contributed by atoms with Gasteiger partial charge in [-0.3, -0.25) is 9.59 Å². The molecule has 0 amide bonds. The van der Waals surface area contributed by atoms with Gasteiger partial charge in [0.25, 0.3) is 5.88 Å². The Kier molecular flexibility index (Phi) is 8.45. The zero-order valence-electron chi connectivity index (χ0n) is 30.0. The van der Waals surface area contributed by atoms with E-state index in [1.165, 1.54) is 0 Å². The molecule has 4 atom stereocenters. The number of aldehydes is 1. The molecule has 4 aromatic carbocycles. The highest BCUT2D eigenvalue weighted by Gasteiger charge is 2.64. The maximum absolute atomic E-state index is 14.7. The Morgan fingerprint density at radius 1 is 1.06 bits per heavy atom. The molecule has 9 nitrogen and oxygen atoms in total. The Labute approximate surface area is 311 Å². The highest BCUT2D eigenvalue weighted by molar-refractivity contribution is 6.30. The first-order valence-electron chi connectivity index (χ1n) is 17.7. The van der Waals surface area contributed by atoms with Crippen molar-refractivity contribution in [1.29, 1.82) is 0 Å². The monoisotopic (exact) mass is 731 g/mol. The fourth-order valence-corrected chi connectivity index (χ4v) is 8.21. The van der Waals surface area contributed by atoms with Crippen LogP contribution in [0.1, 0.15) is 84.6 Å². The van der Waals surface area contributed by atoms with Gasteiger partial charge in [-0.15, -0.1) is 0 Å². The van der Waals surface area contributed by atoms with E-state index in [0.717, 1.165) is 33.9 Å². The number of fused-ring (bicyclic) bond motifs is 4. The number of ether oxygens (including phenoxy) is 4. The topological polar surface area (TPSA) is 117 Å². The molecule has 0 saturated carbocycles.